The number of hydrogen-bond donors (Lipinski definition) is 0. The van der Waals surface area contributed by atoms with Crippen molar-refractivity contribution in [3.05, 3.63) is 35.2 Å². The number of benzene rings is 1. The first kappa shape index (κ1) is 15.4. The van der Waals surface area contributed by atoms with E-state index in [-0.39, 0.29) is 5.56 Å². The number of alkyl halides is 7. The van der Waals surface area contributed by atoms with Crippen LogP contribution in [-0.4, -0.2) is 12.4 Å². The van der Waals surface area contributed by atoms with E-state index < -0.39 is 23.6 Å². The summed E-state index contributed by atoms with van der Waals surface area (Å²) in [5, 5.41) is -0.644. The van der Waals surface area contributed by atoms with Crippen molar-refractivity contribution in [2.75, 3.05) is 0 Å². The second-order valence-electron chi connectivity index (χ2n) is 4.15. The highest BCUT2D eigenvalue weighted by Gasteiger charge is 2.60. The van der Waals surface area contributed by atoms with Crippen molar-refractivity contribution in [3.8, 4) is 0 Å². The molecule has 0 saturated carbocycles. The Hall–Kier alpha value is -0.950. The first-order chi connectivity index (χ1) is 9.12. The highest BCUT2D eigenvalue weighted by atomic mass is 35.5. The standard InChI is InChI=1S/C12H7ClF6S/c13-9(10(11(14,15)16)12(17,18)19)7-5-20-8-4-2-1-3-6(7)8/h1-5,9-10H. The van der Waals surface area contributed by atoms with E-state index in [4.69, 9.17) is 11.6 Å². The van der Waals surface area contributed by atoms with E-state index in [1.54, 1.807) is 18.2 Å². The molecular weight excluding hydrogens is 326 g/mol. The summed E-state index contributed by atoms with van der Waals surface area (Å²) in [4.78, 5) is 0. The molecule has 0 N–H and O–H groups in total. The molecule has 0 nitrogen and oxygen atoms in total. The van der Waals surface area contributed by atoms with Crippen molar-refractivity contribution in [3.63, 3.8) is 0 Å². The van der Waals surface area contributed by atoms with Gasteiger partial charge in [-0.2, -0.15) is 26.3 Å². The van der Waals surface area contributed by atoms with Crippen LogP contribution in [0.15, 0.2) is 29.6 Å². The zero-order valence-corrected chi connectivity index (χ0v) is 11.2. The van der Waals surface area contributed by atoms with Crippen molar-refractivity contribution >= 4 is 33.0 Å². The Bertz CT molecular complexity index is 586. The van der Waals surface area contributed by atoms with E-state index in [2.05, 4.69) is 0 Å². The van der Waals surface area contributed by atoms with Crippen molar-refractivity contribution in [1.82, 2.24) is 0 Å². The lowest BCUT2D eigenvalue weighted by Gasteiger charge is -2.26. The summed E-state index contributed by atoms with van der Waals surface area (Å²) in [7, 11) is 0. The van der Waals surface area contributed by atoms with Gasteiger partial charge in [-0.1, -0.05) is 18.2 Å². The average Bonchev–Trinajstić information content (AvgIpc) is 2.68. The number of halogens is 7. The molecular formula is C12H7ClF6S. The van der Waals surface area contributed by atoms with Gasteiger partial charge in [-0.3, -0.25) is 0 Å². The fourth-order valence-electron chi connectivity index (χ4n) is 1.91. The van der Waals surface area contributed by atoms with Crippen LogP contribution in [0.3, 0.4) is 0 Å². The average molecular weight is 333 g/mol. The van der Waals surface area contributed by atoms with Crippen LogP contribution in [0.1, 0.15) is 10.9 Å². The Morgan fingerprint density at radius 3 is 2.05 bits per heavy atom. The maximum atomic E-state index is 12.7. The van der Waals surface area contributed by atoms with E-state index in [1.807, 2.05) is 0 Å². The number of hydrogen-bond acceptors (Lipinski definition) is 1. The molecule has 1 aromatic carbocycles. The van der Waals surface area contributed by atoms with Crippen molar-refractivity contribution < 1.29 is 26.3 Å². The maximum Gasteiger partial charge on any atom is 0.402 e. The van der Waals surface area contributed by atoms with Gasteiger partial charge in [0.1, 0.15) is 0 Å². The predicted octanol–water partition coefficient (Wildman–Crippen LogP) is 5.92. The van der Waals surface area contributed by atoms with Gasteiger partial charge in [0.05, 0.1) is 5.38 Å². The molecule has 2 rings (SSSR count). The van der Waals surface area contributed by atoms with Gasteiger partial charge in [-0.25, -0.2) is 0 Å². The summed E-state index contributed by atoms with van der Waals surface area (Å²) in [6.45, 7) is 0. The Kier molecular flexibility index (Phi) is 3.94. The summed E-state index contributed by atoms with van der Waals surface area (Å²) in [6.07, 6.45) is -10.9. The molecule has 1 unspecified atom stereocenters. The van der Waals surface area contributed by atoms with Crippen LogP contribution in [0.4, 0.5) is 26.3 Å². The fraction of sp³-hybridized carbons (Fsp3) is 0.333. The van der Waals surface area contributed by atoms with Gasteiger partial charge in [-0.15, -0.1) is 22.9 Å². The van der Waals surface area contributed by atoms with Crippen molar-refractivity contribution in [2.45, 2.75) is 17.7 Å². The Morgan fingerprint density at radius 2 is 1.50 bits per heavy atom. The molecule has 2 aromatic rings. The van der Waals surface area contributed by atoms with E-state index in [0.717, 1.165) is 11.3 Å². The van der Waals surface area contributed by atoms with Crippen LogP contribution in [0.5, 0.6) is 0 Å². The third kappa shape index (κ3) is 2.88. The smallest absolute Gasteiger partial charge is 0.170 e. The first-order valence-corrected chi connectivity index (χ1v) is 6.67. The summed E-state index contributed by atoms with van der Waals surface area (Å²) in [5.41, 5.74) is -0.146. The zero-order valence-electron chi connectivity index (χ0n) is 9.60. The highest BCUT2D eigenvalue weighted by molar-refractivity contribution is 7.17. The molecule has 0 aliphatic carbocycles. The lowest BCUT2D eigenvalue weighted by Crippen LogP contribution is -2.39. The molecule has 8 heteroatoms. The van der Waals surface area contributed by atoms with E-state index in [9.17, 15) is 26.3 Å². The quantitative estimate of drug-likeness (QED) is 0.473. The van der Waals surface area contributed by atoms with Crippen LogP contribution in [0, 0.1) is 5.92 Å². The van der Waals surface area contributed by atoms with Crippen molar-refractivity contribution in [1.29, 1.82) is 0 Å². The molecule has 1 aromatic heterocycles. The fourth-order valence-corrected chi connectivity index (χ4v) is 3.45. The van der Waals surface area contributed by atoms with Crippen LogP contribution in [0.2, 0.25) is 0 Å². The molecule has 0 aliphatic heterocycles. The van der Waals surface area contributed by atoms with Crippen LogP contribution in [-0.2, 0) is 0 Å². The van der Waals surface area contributed by atoms with Gasteiger partial charge in [0, 0.05) is 4.70 Å². The SMILES string of the molecule is FC(F)(F)C(C(Cl)c1csc2ccccc12)C(F)(F)F. The van der Waals surface area contributed by atoms with Crippen molar-refractivity contribution in [2.24, 2.45) is 5.92 Å². The second-order valence-corrected chi connectivity index (χ2v) is 5.53. The third-order valence-electron chi connectivity index (χ3n) is 2.81. The Labute approximate surface area is 119 Å². The highest BCUT2D eigenvalue weighted by Crippen LogP contribution is 2.51. The molecule has 110 valence electrons. The molecule has 0 amide bonds. The van der Waals surface area contributed by atoms with E-state index in [1.165, 1.54) is 11.4 Å². The molecule has 0 aliphatic rings. The predicted molar refractivity (Wildman–Crippen MR) is 66.0 cm³/mol. The Balaban J connectivity index is 2.50. The summed E-state index contributed by atoms with van der Waals surface area (Å²) in [5.74, 6) is -3.59. The van der Waals surface area contributed by atoms with Crippen LogP contribution in [0.25, 0.3) is 10.1 Å². The normalized spacial score (nSPS) is 15.0. The molecule has 0 saturated heterocycles. The molecule has 20 heavy (non-hydrogen) atoms. The van der Waals surface area contributed by atoms with Gasteiger partial charge >= 0.3 is 12.4 Å². The van der Waals surface area contributed by atoms with Gasteiger partial charge in [-0.05, 0) is 22.4 Å². The van der Waals surface area contributed by atoms with Gasteiger partial charge in [0.25, 0.3) is 0 Å². The molecule has 1 atom stereocenters. The minimum Gasteiger partial charge on any atom is -0.170 e. The zero-order chi connectivity index (χ0) is 15.1. The molecule has 1 heterocycles. The largest absolute Gasteiger partial charge is 0.402 e. The molecule has 0 bridgehead atoms. The minimum atomic E-state index is -5.45. The van der Waals surface area contributed by atoms with Gasteiger partial charge in [0.15, 0.2) is 5.92 Å². The summed E-state index contributed by atoms with van der Waals surface area (Å²) < 4.78 is 76.5. The van der Waals surface area contributed by atoms with Gasteiger partial charge in [0.2, 0.25) is 0 Å². The summed E-state index contributed by atoms with van der Waals surface area (Å²) >= 11 is 6.59. The number of fused-ring (bicyclic) bond motifs is 1. The Morgan fingerprint density at radius 1 is 0.950 bits per heavy atom. The third-order valence-corrected chi connectivity index (χ3v) is 4.27. The first-order valence-electron chi connectivity index (χ1n) is 5.36. The van der Waals surface area contributed by atoms with E-state index >= 15 is 0 Å². The maximum absolute atomic E-state index is 12.7. The van der Waals surface area contributed by atoms with Crippen LogP contribution < -0.4 is 0 Å². The topological polar surface area (TPSA) is 0 Å². The monoisotopic (exact) mass is 332 g/mol. The number of rotatable bonds is 2. The summed E-state index contributed by atoms with van der Waals surface area (Å²) in [6, 6.07) is 6.26. The van der Waals surface area contributed by atoms with E-state index in [0.29, 0.717) is 10.1 Å². The lowest BCUT2D eigenvalue weighted by atomic mass is 9.97. The molecule has 0 fully saturated rings. The molecule has 0 radical (unpaired) electrons. The molecule has 0 spiro atoms. The van der Waals surface area contributed by atoms with Gasteiger partial charge < -0.3 is 0 Å². The number of thiophene rings is 1. The lowest BCUT2D eigenvalue weighted by molar-refractivity contribution is -0.284. The second kappa shape index (κ2) is 5.11. The van der Waals surface area contributed by atoms with Crippen LogP contribution >= 0.6 is 22.9 Å². The minimum absolute atomic E-state index is 0.146.